The molecule has 0 radical (unpaired) electrons. The van der Waals surface area contributed by atoms with Gasteiger partial charge in [-0.2, -0.15) is 5.10 Å². The molecule has 0 amide bonds. The van der Waals surface area contributed by atoms with Crippen molar-refractivity contribution in [3.8, 4) is 16.9 Å². The first-order valence-corrected chi connectivity index (χ1v) is 7.86. The number of hydrogen-bond acceptors (Lipinski definition) is 2. The van der Waals surface area contributed by atoms with Crippen molar-refractivity contribution >= 4 is 29.0 Å². The van der Waals surface area contributed by atoms with Crippen molar-refractivity contribution < 1.29 is 0 Å². The number of nitrogens with zero attached hydrogens (tertiary/aromatic N) is 2. The van der Waals surface area contributed by atoms with E-state index in [2.05, 4.69) is 17.4 Å². The number of nitrogens with one attached hydrogen (secondary N) is 1. The van der Waals surface area contributed by atoms with Crippen LogP contribution in [0.4, 0.5) is 5.82 Å². The Hall–Kier alpha value is -1.97. The second kappa shape index (κ2) is 5.34. The summed E-state index contributed by atoms with van der Waals surface area (Å²) in [4.78, 5) is 0. The van der Waals surface area contributed by atoms with Crippen LogP contribution in [-0.4, -0.2) is 16.3 Å². The van der Waals surface area contributed by atoms with Gasteiger partial charge < -0.3 is 5.32 Å². The lowest BCUT2D eigenvalue weighted by molar-refractivity contribution is 0.882. The van der Waals surface area contributed by atoms with E-state index < -0.39 is 0 Å². The minimum Gasteiger partial charge on any atom is -0.369 e. The lowest BCUT2D eigenvalue weighted by Gasteiger charge is -2.07. The van der Waals surface area contributed by atoms with E-state index in [1.54, 1.807) is 6.07 Å². The molecule has 2 aromatic carbocycles. The zero-order valence-corrected chi connectivity index (χ0v) is 13.2. The molecule has 0 atom stereocenters. The molecule has 0 saturated carbocycles. The fourth-order valence-corrected chi connectivity index (χ4v) is 3.10. The van der Waals surface area contributed by atoms with Gasteiger partial charge in [0.25, 0.3) is 0 Å². The van der Waals surface area contributed by atoms with Gasteiger partial charge in [0.2, 0.25) is 0 Å². The van der Waals surface area contributed by atoms with Gasteiger partial charge in [-0.15, -0.1) is 0 Å². The van der Waals surface area contributed by atoms with Crippen molar-refractivity contribution in [3.05, 3.63) is 64.1 Å². The highest BCUT2D eigenvalue weighted by Crippen LogP contribution is 2.35. The van der Waals surface area contributed by atoms with E-state index in [1.807, 2.05) is 35.0 Å². The van der Waals surface area contributed by atoms with Gasteiger partial charge in [0.05, 0.1) is 21.4 Å². The maximum atomic E-state index is 6.15. The molecule has 1 aliphatic rings. The van der Waals surface area contributed by atoms with E-state index in [9.17, 15) is 0 Å². The minimum absolute atomic E-state index is 0.530. The molecule has 22 heavy (non-hydrogen) atoms. The van der Waals surface area contributed by atoms with Crippen LogP contribution in [0.1, 0.15) is 5.56 Å². The van der Waals surface area contributed by atoms with Gasteiger partial charge in [0.1, 0.15) is 5.82 Å². The molecule has 3 nitrogen and oxygen atoms in total. The number of aromatic nitrogens is 2. The zero-order valence-electron chi connectivity index (χ0n) is 11.7. The van der Waals surface area contributed by atoms with Gasteiger partial charge in [-0.3, -0.25) is 0 Å². The molecule has 0 aliphatic carbocycles. The molecule has 1 aliphatic heterocycles. The van der Waals surface area contributed by atoms with Crippen LogP contribution in [0.2, 0.25) is 10.0 Å². The SMILES string of the molecule is Clc1ccc(-n2nc(-c3ccccc3)c3c2NCC3)cc1Cl. The topological polar surface area (TPSA) is 29.9 Å². The standard InChI is InChI=1S/C17H13Cl2N3/c18-14-7-6-12(10-15(14)19)22-17-13(8-9-20-17)16(21-22)11-4-2-1-3-5-11/h1-7,10,20H,8-9H2. The number of anilines is 1. The summed E-state index contributed by atoms with van der Waals surface area (Å²) in [5.41, 5.74) is 4.30. The van der Waals surface area contributed by atoms with Gasteiger partial charge in [-0.1, -0.05) is 53.5 Å². The van der Waals surface area contributed by atoms with Crippen LogP contribution < -0.4 is 5.32 Å². The van der Waals surface area contributed by atoms with E-state index in [0.29, 0.717) is 10.0 Å². The molecule has 110 valence electrons. The number of rotatable bonds is 2. The van der Waals surface area contributed by atoms with E-state index in [4.69, 9.17) is 28.3 Å². The average molecular weight is 330 g/mol. The Bertz CT molecular complexity index is 841. The largest absolute Gasteiger partial charge is 0.369 e. The van der Waals surface area contributed by atoms with Crippen molar-refractivity contribution in [1.29, 1.82) is 0 Å². The number of fused-ring (bicyclic) bond motifs is 1. The summed E-state index contributed by atoms with van der Waals surface area (Å²) in [5.74, 6) is 1.04. The fraction of sp³-hybridized carbons (Fsp3) is 0.118. The quantitative estimate of drug-likeness (QED) is 0.730. The normalized spacial score (nSPS) is 13.0. The predicted molar refractivity (Wildman–Crippen MR) is 91.2 cm³/mol. The van der Waals surface area contributed by atoms with Crippen molar-refractivity contribution in [1.82, 2.24) is 9.78 Å². The second-order valence-corrected chi connectivity index (χ2v) is 6.04. The molecule has 5 heteroatoms. The molecule has 0 unspecified atom stereocenters. The number of halogens is 2. The lowest BCUT2D eigenvalue weighted by atomic mass is 10.1. The Morgan fingerprint density at radius 3 is 2.59 bits per heavy atom. The third-order valence-electron chi connectivity index (χ3n) is 3.85. The van der Waals surface area contributed by atoms with Crippen LogP contribution in [0.3, 0.4) is 0 Å². The maximum absolute atomic E-state index is 6.15. The molecule has 1 aromatic heterocycles. The van der Waals surface area contributed by atoms with E-state index in [0.717, 1.165) is 35.7 Å². The average Bonchev–Trinajstić information content (AvgIpc) is 3.13. The van der Waals surface area contributed by atoms with E-state index >= 15 is 0 Å². The van der Waals surface area contributed by atoms with Crippen LogP contribution in [0, 0.1) is 0 Å². The molecule has 0 fully saturated rings. The molecule has 3 aromatic rings. The second-order valence-electron chi connectivity index (χ2n) is 5.23. The Balaban J connectivity index is 1.89. The van der Waals surface area contributed by atoms with Crippen molar-refractivity contribution in [2.45, 2.75) is 6.42 Å². The fourth-order valence-electron chi connectivity index (χ4n) is 2.81. The Labute approximate surface area is 138 Å². The first kappa shape index (κ1) is 13.7. The molecule has 0 spiro atoms. The van der Waals surface area contributed by atoms with E-state index in [-0.39, 0.29) is 0 Å². The summed E-state index contributed by atoms with van der Waals surface area (Å²) in [6, 6.07) is 15.8. The minimum atomic E-state index is 0.530. The highest BCUT2D eigenvalue weighted by Gasteiger charge is 2.23. The molecule has 2 heterocycles. The van der Waals surface area contributed by atoms with Gasteiger partial charge >= 0.3 is 0 Å². The van der Waals surface area contributed by atoms with Crippen molar-refractivity contribution in [2.75, 3.05) is 11.9 Å². The van der Waals surface area contributed by atoms with Gasteiger partial charge in [-0.25, -0.2) is 4.68 Å². The summed E-state index contributed by atoms with van der Waals surface area (Å²) in [5, 5.41) is 9.29. The van der Waals surface area contributed by atoms with Crippen LogP contribution >= 0.6 is 23.2 Å². The summed E-state index contributed by atoms with van der Waals surface area (Å²) in [6.45, 7) is 0.925. The summed E-state index contributed by atoms with van der Waals surface area (Å²) in [6.07, 6.45) is 0.973. The number of hydrogen-bond donors (Lipinski definition) is 1. The van der Waals surface area contributed by atoms with Gasteiger partial charge in [0, 0.05) is 17.7 Å². The zero-order chi connectivity index (χ0) is 15.1. The Kier molecular flexibility index (Phi) is 3.32. The van der Waals surface area contributed by atoms with Crippen LogP contribution in [0.5, 0.6) is 0 Å². The molecular formula is C17H13Cl2N3. The smallest absolute Gasteiger partial charge is 0.133 e. The molecule has 0 saturated heterocycles. The lowest BCUT2D eigenvalue weighted by Crippen LogP contribution is -2.04. The van der Waals surface area contributed by atoms with Crippen molar-refractivity contribution in [3.63, 3.8) is 0 Å². The molecule has 4 rings (SSSR count). The number of benzene rings is 2. The Morgan fingerprint density at radius 2 is 1.82 bits per heavy atom. The Morgan fingerprint density at radius 1 is 1.00 bits per heavy atom. The third kappa shape index (κ3) is 2.18. The third-order valence-corrected chi connectivity index (χ3v) is 4.58. The van der Waals surface area contributed by atoms with Gasteiger partial charge in [0.15, 0.2) is 0 Å². The van der Waals surface area contributed by atoms with Crippen molar-refractivity contribution in [2.24, 2.45) is 0 Å². The molecular weight excluding hydrogens is 317 g/mol. The van der Waals surface area contributed by atoms with Crippen LogP contribution in [0.15, 0.2) is 48.5 Å². The summed E-state index contributed by atoms with van der Waals surface area (Å²) >= 11 is 12.2. The first-order valence-electron chi connectivity index (χ1n) is 7.10. The summed E-state index contributed by atoms with van der Waals surface area (Å²) < 4.78 is 1.91. The van der Waals surface area contributed by atoms with Gasteiger partial charge in [-0.05, 0) is 24.6 Å². The highest BCUT2D eigenvalue weighted by molar-refractivity contribution is 6.42. The molecule has 1 N–H and O–H groups in total. The first-order chi connectivity index (χ1) is 10.7. The molecule has 0 bridgehead atoms. The maximum Gasteiger partial charge on any atom is 0.133 e. The summed E-state index contributed by atoms with van der Waals surface area (Å²) in [7, 11) is 0. The predicted octanol–water partition coefficient (Wildman–Crippen LogP) is 4.81. The van der Waals surface area contributed by atoms with Crippen LogP contribution in [0.25, 0.3) is 16.9 Å². The van der Waals surface area contributed by atoms with E-state index in [1.165, 1.54) is 5.56 Å². The van der Waals surface area contributed by atoms with Crippen LogP contribution in [-0.2, 0) is 6.42 Å². The monoisotopic (exact) mass is 329 g/mol. The highest BCUT2D eigenvalue weighted by atomic mass is 35.5.